The third-order valence-electron chi connectivity index (χ3n) is 3.30. The van der Waals surface area contributed by atoms with E-state index in [9.17, 15) is 5.11 Å². The van der Waals surface area contributed by atoms with Crippen LogP contribution in [0.15, 0.2) is 60.7 Å². The maximum atomic E-state index is 10.3. The molecule has 0 aliphatic heterocycles. The van der Waals surface area contributed by atoms with E-state index in [0.29, 0.717) is 6.54 Å². The van der Waals surface area contributed by atoms with Crippen LogP contribution in [0.2, 0.25) is 0 Å². The predicted octanol–water partition coefficient (Wildman–Crippen LogP) is 3.00. The fraction of sp³-hybridized carbons (Fsp3) is 0.294. The Balaban J connectivity index is 2.01. The Bertz CT molecular complexity index is 493. The molecule has 2 heteroatoms. The zero-order valence-electron chi connectivity index (χ0n) is 11.7. The first-order chi connectivity index (χ1) is 9.07. The van der Waals surface area contributed by atoms with E-state index < -0.39 is 6.10 Å². The number of aliphatic hydroxyl groups is 1. The largest absolute Gasteiger partial charge is 0.382 e. The van der Waals surface area contributed by atoms with Crippen LogP contribution in [0, 0.1) is 0 Å². The summed E-state index contributed by atoms with van der Waals surface area (Å²) in [5, 5.41) is 10.3. The van der Waals surface area contributed by atoms with Crippen molar-refractivity contribution in [3.05, 3.63) is 71.8 Å². The molecule has 100 valence electrons. The lowest BCUT2D eigenvalue weighted by atomic mass is 10.1. The Morgan fingerprint density at radius 1 is 0.895 bits per heavy atom. The molecule has 0 saturated carbocycles. The zero-order chi connectivity index (χ0) is 13.7. The molecule has 2 aromatic rings. The quantitative estimate of drug-likeness (QED) is 0.815. The molecule has 0 unspecified atom stereocenters. The Hall–Kier alpha value is -1.64. The highest BCUT2D eigenvalue weighted by atomic mass is 16.3. The number of likely N-dealkylation sites (N-methyl/N-ethyl adjacent to an activating group) is 1. The first-order valence-corrected chi connectivity index (χ1v) is 6.66. The van der Waals surface area contributed by atoms with Crippen molar-refractivity contribution in [2.75, 3.05) is 20.6 Å². The van der Waals surface area contributed by atoms with Crippen molar-refractivity contribution in [3.63, 3.8) is 0 Å². The number of quaternary nitrogens is 1. The average Bonchev–Trinajstić information content (AvgIpc) is 2.39. The van der Waals surface area contributed by atoms with Gasteiger partial charge in [-0.3, -0.25) is 0 Å². The molecule has 0 radical (unpaired) electrons. The van der Waals surface area contributed by atoms with Crippen LogP contribution in [0.5, 0.6) is 0 Å². The summed E-state index contributed by atoms with van der Waals surface area (Å²) >= 11 is 0. The number of aliphatic hydroxyl groups excluding tert-OH is 1. The van der Waals surface area contributed by atoms with Gasteiger partial charge in [0.05, 0.1) is 14.1 Å². The number of hydrogen-bond donors (Lipinski definition) is 1. The highest BCUT2D eigenvalue weighted by Crippen LogP contribution is 2.18. The molecule has 2 aromatic carbocycles. The second kappa shape index (κ2) is 6.00. The number of nitrogens with zero attached hydrogens (tertiary/aromatic N) is 1. The van der Waals surface area contributed by atoms with Crippen LogP contribution in [0.25, 0.3) is 0 Å². The number of benzene rings is 2. The van der Waals surface area contributed by atoms with Crippen LogP contribution < -0.4 is 0 Å². The van der Waals surface area contributed by atoms with Crippen LogP contribution in [-0.4, -0.2) is 30.2 Å². The molecule has 0 heterocycles. The fourth-order valence-corrected chi connectivity index (χ4v) is 2.39. The molecule has 0 aromatic heterocycles. The Morgan fingerprint density at radius 3 is 2.00 bits per heavy atom. The molecule has 0 aliphatic rings. The molecule has 0 fully saturated rings. The predicted molar refractivity (Wildman–Crippen MR) is 78.5 cm³/mol. The lowest BCUT2D eigenvalue weighted by molar-refractivity contribution is -0.907. The van der Waals surface area contributed by atoms with Crippen molar-refractivity contribution in [2.45, 2.75) is 12.6 Å². The first-order valence-electron chi connectivity index (χ1n) is 6.66. The molecule has 0 spiro atoms. The van der Waals surface area contributed by atoms with Crippen LogP contribution in [0.1, 0.15) is 17.2 Å². The molecule has 2 nitrogen and oxygen atoms in total. The third kappa shape index (κ3) is 4.19. The molecule has 1 atom stereocenters. The van der Waals surface area contributed by atoms with Gasteiger partial charge in [0.25, 0.3) is 0 Å². The normalized spacial score (nSPS) is 13.2. The summed E-state index contributed by atoms with van der Waals surface area (Å²) in [6, 6.07) is 20.3. The second-order valence-electron chi connectivity index (χ2n) is 5.69. The van der Waals surface area contributed by atoms with Crippen LogP contribution >= 0.6 is 0 Å². The second-order valence-corrected chi connectivity index (χ2v) is 5.69. The van der Waals surface area contributed by atoms with Gasteiger partial charge in [-0.1, -0.05) is 60.7 Å². The van der Waals surface area contributed by atoms with Gasteiger partial charge in [-0.05, 0) is 5.56 Å². The van der Waals surface area contributed by atoms with Gasteiger partial charge in [0.1, 0.15) is 19.2 Å². The van der Waals surface area contributed by atoms with Gasteiger partial charge in [0.2, 0.25) is 0 Å². The Morgan fingerprint density at radius 2 is 1.42 bits per heavy atom. The molecule has 0 saturated heterocycles. The van der Waals surface area contributed by atoms with Gasteiger partial charge in [-0.15, -0.1) is 0 Å². The first kappa shape index (κ1) is 13.8. The molecule has 0 amide bonds. The van der Waals surface area contributed by atoms with Crippen molar-refractivity contribution in [1.29, 1.82) is 0 Å². The summed E-state index contributed by atoms with van der Waals surface area (Å²) in [6.07, 6.45) is -0.417. The van der Waals surface area contributed by atoms with Crippen LogP contribution in [-0.2, 0) is 6.54 Å². The van der Waals surface area contributed by atoms with Gasteiger partial charge in [-0.25, -0.2) is 0 Å². The highest BCUT2D eigenvalue weighted by molar-refractivity contribution is 5.17. The SMILES string of the molecule is C[N+](C)(Cc1ccccc1)C[C@H](O)c1ccccc1. The van der Waals surface area contributed by atoms with E-state index in [1.807, 2.05) is 36.4 Å². The molecule has 19 heavy (non-hydrogen) atoms. The van der Waals surface area contributed by atoms with E-state index in [-0.39, 0.29) is 0 Å². The third-order valence-corrected chi connectivity index (χ3v) is 3.30. The maximum Gasteiger partial charge on any atom is 0.128 e. The zero-order valence-corrected chi connectivity index (χ0v) is 11.7. The van der Waals surface area contributed by atoms with Crippen molar-refractivity contribution in [2.24, 2.45) is 0 Å². The average molecular weight is 256 g/mol. The summed E-state index contributed by atoms with van der Waals surface area (Å²) in [5.41, 5.74) is 2.29. The molecular formula is C17H22NO+. The Labute approximate surface area is 115 Å². The van der Waals surface area contributed by atoms with Crippen molar-refractivity contribution >= 4 is 0 Å². The topological polar surface area (TPSA) is 20.2 Å². The summed E-state index contributed by atoms with van der Waals surface area (Å²) in [4.78, 5) is 0. The lowest BCUT2D eigenvalue weighted by Crippen LogP contribution is -2.42. The minimum Gasteiger partial charge on any atom is -0.382 e. The number of rotatable bonds is 5. The smallest absolute Gasteiger partial charge is 0.128 e. The van der Waals surface area contributed by atoms with Gasteiger partial charge in [0.15, 0.2) is 0 Å². The summed E-state index contributed by atoms with van der Waals surface area (Å²) in [6.45, 7) is 1.63. The molecule has 2 rings (SSSR count). The van der Waals surface area contributed by atoms with Gasteiger partial charge in [0, 0.05) is 5.56 Å². The van der Waals surface area contributed by atoms with Crippen molar-refractivity contribution in [1.82, 2.24) is 0 Å². The molecule has 1 N–H and O–H groups in total. The summed E-state index contributed by atoms with van der Waals surface area (Å²) in [7, 11) is 4.30. The Kier molecular flexibility index (Phi) is 4.35. The van der Waals surface area contributed by atoms with Crippen molar-refractivity contribution < 1.29 is 9.59 Å². The number of hydrogen-bond acceptors (Lipinski definition) is 1. The fourth-order valence-electron chi connectivity index (χ4n) is 2.39. The highest BCUT2D eigenvalue weighted by Gasteiger charge is 2.21. The molecular weight excluding hydrogens is 234 g/mol. The molecule has 0 bridgehead atoms. The van der Waals surface area contributed by atoms with Gasteiger partial charge >= 0.3 is 0 Å². The summed E-state index contributed by atoms with van der Waals surface area (Å²) in [5.74, 6) is 0. The monoisotopic (exact) mass is 256 g/mol. The lowest BCUT2D eigenvalue weighted by Gasteiger charge is -2.32. The standard InChI is InChI=1S/C17H22NO/c1-18(2,13-15-9-5-3-6-10-15)14-17(19)16-11-7-4-8-12-16/h3-12,17,19H,13-14H2,1-2H3/q+1/t17-/m0/s1. The van der Waals surface area contributed by atoms with E-state index in [1.54, 1.807) is 0 Å². The van der Waals surface area contributed by atoms with Crippen LogP contribution in [0.4, 0.5) is 0 Å². The minimum atomic E-state index is -0.417. The van der Waals surface area contributed by atoms with Gasteiger partial charge < -0.3 is 9.59 Å². The van der Waals surface area contributed by atoms with E-state index in [4.69, 9.17) is 0 Å². The van der Waals surface area contributed by atoms with E-state index in [2.05, 4.69) is 38.4 Å². The summed E-state index contributed by atoms with van der Waals surface area (Å²) < 4.78 is 0.764. The minimum absolute atomic E-state index is 0.417. The van der Waals surface area contributed by atoms with E-state index in [0.717, 1.165) is 16.6 Å². The van der Waals surface area contributed by atoms with Crippen LogP contribution in [0.3, 0.4) is 0 Å². The van der Waals surface area contributed by atoms with Crippen molar-refractivity contribution in [3.8, 4) is 0 Å². The van der Waals surface area contributed by atoms with E-state index in [1.165, 1.54) is 5.56 Å². The maximum absolute atomic E-state index is 10.3. The molecule has 0 aliphatic carbocycles. The van der Waals surface area contributed by atoms with E-state index >= 15 is 0 Å². The van der Waals surface area contributed by atoms with Gasteiger partial charge in [-0.2, -0.15) is 0 Å².